The lowest BCUT2D eigenvalue weighted by Gasteiger charge is -2.58. The molecule has 0 N–H and O–H groups in total. The number of carbonyl (C=O) groups excluding carboxylic acids is 1. The molecule has 0 aromatic rings. The van der Waals surface area contributed by atoms with Crippen molar-refractivity contribution in [3.63, 3.8) is 0 Å². The van der Waals surface area contributed by atoms with Gasteiger partial charge in [0, 0.05) is 13.0 Å². The Morgan fingerprint density at radius 3 is 2.51 bits per heavy atom. The van der Waals surface area contributed by atoms with Crippen molar-refractivity contribution in [3.8, 4) is 0 Å². The van der Waals surface area contributed by atoms with Crippen molar-refractivity contribution in [2.45, 2.75) is 137 Å². The Hall–Kier alpha value is -0.540. The molecule has 224 valence electrons. The molecule has 39 heavy (non-hydrogen) atoms. The maximum Gasteiger partial charge on any atom is 0.307 e. The quantitative estimate of drug-likeness (QED) is 0.207. The second kappa shape index (κ2) is 13.2. The van der Waals surface area contributed by atoms with E-state index in [4.69, 9.17) is 4.74 Å². The third kappa shape index (κ3) is 6.60. The van der Waals surface area contributed by atoms with E-state index in [0.717, 1.165) is 68.0 Å². The largest absolute Gasteiger partial charge is 0.462 e. The maximum absolute atomic E-state index is 12.7. The summed E-state index contributed by atoms with van der Waals surface area (Å²) in [6.07, 6.45) is 21.8. The normalized spacial score (nSPS) is 39.1. The molecular weight excluding hydrogens is 502 g/mol. The molecule has 0 radical (unpaired) electrons. The molecule has 3 saturated carbocycles. The number of allylic oxidation sites excluding steroid dienone is 1. The average molecular weight is 562 g/mol. The summed E-state index contributed by atoms with van der Waals surface area (Å²) in [5, 5.41) is 0. The van der Waals surface area contributed by atoms with Crippen molar-refractivity contribution in [3.05, 3.63) is 11.6 Å². The molecule has 0 spiro atoms. The highest BCUT2D eigenvalue weighted by Crippen LogP contribution is 2.67. The fourth-order valence-electron chi connectivity index (χ4n) is 10.4. The number of esters is 1. The van der Waals surface area contributed by atoms with Gasteiger partial charge in [-0.05, 0) is 117 Å². The van der Waals surface area contributed by atoms with Gasteiger partial charge in [0.1, 0.15) is 6.10 Å². The van der Waals surface area contributed by atoms with Crippen molar-refractivity contribution < 1.29 is 9.53 Å². The number of piperidine rings is 1. The van der Waals surface area contributed by atoms with Crippen LogP contribution in [0.1, 0.15) is 131 Å². The second-order valence-electron chi connectivity index (χ2n) is 15.3. The number of rotatable bonds is 9. The molecular formula is C35H60ClNO2. The number of fused-ring (bicyclic) bond motifs is 5. The van der Waals surface area contributed by atoms with E-state index in [2.05, 4.69) is 45.6 Å². The van der Waals surface area contributed by atoms with Gasteiger partial charge in [0.2, 0.25) is 0 Å². The third-order valence-electron chi connectivity index (χ3n) is 12.6. The van der Waals surface area contributed by atoms with E-state index in [0.29, 0.717) is 17.3 Å². The van der Waals surface area contributed by atoms with E-state index in [-0.39, 0.29) is 24.5 Å². The molecule has 4 aliphatic carbocycles. The first kappa shape index (κ1) is 31.4. The minimum atomic E-state index is 0. The Labute approximate surface area is 247 Å². The SMILES string of the molecule is CC(C)CCCC(C)C1CCC2C3CC=C4CC(OC(=O)CCN5CCCCC5)CC[C@]4(C)C3CC[C@]12C.Cl. The molecule has 6 unspecified atom stereocenters. The molecule has 0 aromatic carbocycles. The van der Waals surface area contributed by atoms with Crippen molar-refractivity contribution in [1.29, 1.82) is 0 Å². The zero-order valence-electron chi connectivity index (χ0n) is 26.0. The molecule has 5 aliphatic rings. The third-order valence-corrected chi connectivity index (χ3v) is 12.6. The molecule has 8 atom stereocenters. The van der Waals surface area contributed by atoms with Crippen LogP contribution in [0.2, 0.25) is 0 Å². The summed E-state index contributed by atoms with van der Waals surface area (Å²) in [7, 11) is 0. The van der Waals surface area contributed by atoms with Crippen molar-refractivity contribution in [2.75, 3.05) is 19.6 Å². The summed E-state index contributed by atoms with van der Waals surface area (Å²) >= 11 is 0. The Morgan fingerprint density at radius 1 is 1.00 bits per heavy atom. The summed E-state index contributed by atoms with van der Waals surface area (Å²) in [6.45, 7) is 15.8. The Morgan fingerprint density at radius 2 is 1.77 bits per heavy atom. The fourth-order valence-corrected chi connectivity index (χ4v) is 10.4. The predicted octanol–water partition coefficient (Wildman–Crippen LogP) is 9.24. The van der Waals surface area contributed by atoms with Crippen molar-refractivity contribution in [1.82, 2.24) is 4.90 Å². The summed E-state index contributed by atoms with van der Waals surface area (Å²) in [5.41, 5.74) is 2.53. The highest BCUT2D eigenvalue weighted by atomic mass is 35.5. The van der Waals surface area contributed by atoms with Crippen molar-refractivity contribution >= 4 is 18.4 Å². The number of nitrogens with zero attached hydrogens (tertiary/aromatic N) is 1. The lowest BCUT2D eigenvalue weighted by molar-refractivity contribution is -0.152. The second-order valence-corrected chi connectivity index (χ2v) is 15.3. The summed E-state index contributed by atoms with van der Waals surface area (Å²) < 4.78 is 6.08. The van der Waals surface area contributed by atoms with Gasteiger partial charge in [-0.25, -0.2) is 0 Å². The van der Waals surface area contributed by atoms with Crippen LogP contribution in [0.4, 0.5) is 0 Å². The van der Waals surface area contributed by atoms with E-state index in [1.165, 1.54) is 77.0 Å². The first-order valence-corrected chi connectivity index (χ1v) is 16.8. The molecule has 1 heterocycles. The zero-order valence-corrected chi connectivity index (χ0v) is 26.8. The van der Waals surface area contributed by atoms with E-state index in [1.54, 1.807) is 5.57 Å². The predicted molar refractivity (Wildman–Crippen MR) is 165 cm³/mol. The highest BCUT2D eigenvalue weighted by Gasteiger charge is 2.59. The lowest BCUT2D eigenvalue weighted by Crippen LogP contribution is -2.51. The van der Waals surface area contributed by atoms with Gasteiger partial charge < -0.3 is 9.64 Å². The van der Waals surface area contributed by atoms with Gasteiger partial charge in [0.15, 0.2) is 0 Å². The van der Waals surface area contributed by atoms with Gasteiger partial charge in [0.05, 0.1) is 6.42 Å². The van der Waals surface area contributed by atoms with Crippen LogP contribution >= 0.6 is 12.4 Å². The first-order valence-electron chi connectivity index (χ1n) is 16.8. The van der Waals surface area contributed by atoms with Gasteiger partial charge in [-0.2, -0.15) is 0 Å². The van der Waals surface area contributed by atoms with Gasteiger partial charge in [-0.3, -0.25) is 4.79 Å². The number of hydrogen-bond donors (Lipinski definition) is 0. The van der Waals surface area contributed by atoms with Crippen LogP contribution in [-0.2, 0) is 9.53 Å². The number of carbonyl (C=O) groups is 1. The number of likely N-dealkylation sites (tertiary alicyclic amines) is 1. The van der Waals surface area contributed by atoms with Gasteiger partial charge >= 0.3 is 5.97 Å². The van der Waals surface area contributed by atoms with Gasteiger partial charge in [-0.1, -0.05) is 72.0 Å². The summed E-state index contributed by atoms with van der Waals surface area (Å²) in [4.78, 5) is 15.1. The number of hydrogen-bond acceptors (Lipinski definition) is 3. The lowest BCUT2D eigenvalue weighted by atomic mass is 9.47. The standard InChI is InChI=1S/C35H59NO2.ClH/c1-25(2)10-9-11-26(3)30-14-15-31-29-13-12-27-24-28(38-33(37)18-23-36-21-7-6-8-22-36)16-19-34(27,4)32(29)17-20-35(30,31)5;/h12,25-26,28-32H,6-11,13-24H2,1-5H3;1H/t26?,28?,29?,30?,31?,32?,34-,35+;/m0./s1. The molecule has 5 rings (SSSR count). The van der Waals surface area contributed by atoms with Gasteiger partial charge in [0.25, 0.3) is 0 Å². The summed E-state index contributed by atoms with van der Waals surface area (Å²) in [6, 6.07) is 0. The van der Waals surface area contributed by atoms with E-state index in [1.807, 2.05) is 0 Å². The van der Waals surface area contributed by atoms with Crippen LogP contribution in [0.3, 0.4) is 0 Å². The zero-order chi connectivity index (χ0) is 26.9. The molecule has 1 saturated heterocycles. The van der Waals surface area contributed by atoms with Crippen LogP contribution in [0, 0.1) is 46.3 Å². The van der Waals surface area contributed by atoms with E-state index < -0.39 is 0 Å². The molecule has 3 nitrogen and oxygen atoms in total. The molecule has 0 aromatic heterocycles. The fraction of sp³-hybridized carbons (Fsp3) is 0.914. The van der Waals surface area contributed by atoms with Crippen LogP contribution in [-0.4, -0.2) is 36.6 Å². The van der Waals surface area contributed by atoms with Gasteiger partial charge in [-0.15, -0.1) is 12.4 Å². The first-order chi connectivity index (χ1) is 18.2. The molecule has 4 heteroatoms. The van der Waals surface area contributed by atoms with Crippen LogP contribution in [0.5, 0.6) is 0 Å². The van der Waals surface area contributed by atoms with E-state index in [9.17, 15) is 4.79 Å². The highest BCUT2D eigenvalue weighted by molar-refractivity contribution is 5.85. The molecule has 0 bridgehead atoms. The maximum atomic E-state index is 12.7. The number of halogens is 1. The smallest absolute Gasteiger partial charge is 0.307 e. The number of ether oxygens (including phenoxy) is 1. The van der Waals surface area contributed by atoms with Crippen LogP contribution < -0.4 is 0 Å². The summed E-state index contributed by atoms with van der Waals surface area (Å²) in [5.74, 6) is 5.31. The topological polar surface area (TPSA) is 29.5 Å². The Kier molecular flexibility index (Phi) is 10.6. The molecule has 1 aliphatic heterocycles. The minimum Gasteiger partial charge on any atom is -0.462 e. The van der Waals surface area contributed by atoms with E-state index >= 15 is 0 Å². The average Bonchev–Trinajstić information content (AvgIpc) is 3.25. The molecule has 0 amide bonds. The molecule has 4 fully saturated rings. The van der Waals surface area contributed by atoms with Crippen LogP contribution in [0.15, 0.2) is 11.6 Å². The van der Waals surface area contributed by atoms with Crippen LogP contribution in [0.25, 0.3) is 0 Å². The minimum absolute atomic E-state index is 0. The van der Waals surface area contributed by atoms with Crippen molar-refractivity contribution in [2.24, 2.45) is 46.3 Å². The Bertz CT molecular complexity index is 850. The monoisotopic (exact) mass is 561 g/mol. The Balaban J connectivity index is 0.00000353.